The molecule has 0 aliphatic rings. The van der Waals surface area contributed by atoms with E-state index in [0.717, 1.165) is 22.3 Å². The van der Waals surface area contributed by atoms with Gasteiger partial charge in [0.25, 0.3) is 0 Å². The number of thioether (sulfide) groups is 1. The molecule has 17 heavy (non-hydrogen) atoms. The standard InChI is InChI=1S/C12H13N3OS/c13-10-2-4-11(5-3-10)16-8-9-17-12-14-6-1-7-15-12/h1-7H,8-9,13H2. The van der Waals surface area contributed by atoms with E-state index in [-0.39, 0.29) is 0 Å². The van der Waals surface area contributed by atoms with Gasteiger partial charge in [0.1, 0.15) is 5.75 Å². The van der Waals surface area contributed by atoms with Crippen LogP contribution in [0, 0.1) is 0 Å². The Morgan fingerprint density at radius 2 is 1.82 bits per heavy atom. The van der Waals surface area contributed by atoms with E-state index in [2.05, 4.69) is 9.97 Å². The molecular formula is C12H13N3OS. The highest BCUT2D eigenvalue weighted by Gasteiger charge is 1.97. The number of anilines is 1. The molecule has 5 heteroatoms. The molecule has 2 N–H and O–H groups in total. The SMILES string of the molecule is Nc1ccc(OCCSc2ncccn2)cc1. The number of benzene rings is 1. The van der Waals surface area contributed by atoms with Crippen molar-refractivity contribution in [2.24, 2.45) is 0 Å². The molecule has 4 nitrogen and oxygen atoms in total. The Bertz CT molecular complexity index is 447. The molecule has 0 aliphatic heterocycles. The molecule has 0 bridgehead atoms. The molecule has 2 aromatic rings. The Morgan fingerprint density at radius 3 is 2.53 bits per heavy atom. The maximum absolute atomic E-state index is 5.58. The molecule has 88 valence electrons. The van der Waals surface area contributed by atoms with E-state index in [9.17, 15) is 0 Å². The Balaban J connectivity index is 1.71. The van der Waals surface area contributed by atoms with E-state index < -0.39 is 0 Å². The molecule has 0 saturated carbocycles. The highest BCUT2D eigenvalue weighted by atomic mass is 32.2. The van der Waals surface area contributed by atoms with Gasteiger partial charge in [0, 0.05) is 23.8 Å². The minimum absolute atomic E-state index is 0.618. The summed E-state index contributed by atoms with van der Waals surface area (Å²) in [7, 11) is 0. The third-order valence-electron chi connectivity index (χ3n) is 2.01. The van der Waals surface area contributed by atoms with Gasteiger partial charge in [-0.15, -0.1) is 0 Å². The van der Waals surface area contributed by atoms with Crippen molar-refractivity contribution in [1.82, 2.24) is 9.97 Å². The van der Waals surface area contributed by atoms with Gasteiger partial charge in [0.15, 0.2) is 5.16 Å². The van der Waals surface area contributed by atoms with Gasteiger partial charge in [-0.25, -0.2) is 9.97 Å². The number of nitrogen functional groups attached to an aromatic ring is 1. The van der Waals surface area contributed by atoms with E-state index in [0.29, 0.717) is 6.61 Å². The highest BCUT2D eigenvalue weighted by molar-refractivity contribution is 7.99. The van der Waals surface area contributed by atoms with Crippen molar-refractivity contribution >= 4 is 17.4 Å². The van der Waals surface area contributed by atoms with Gasteiger partial charge in [0.05, 0.1) is 6.61 Å². The number of ether oxygens (including phenoxy) is 1. The van der Waals surface area contributed by atoms with Gasteiger partial charge < -0.3 is 10.5 Å². The Morgan fingerprint density at radius 1 is 1.12 bits per heavy atom. The summed E-state index contributed by atoms with van der Waals surface area (Å²) in [6.07, 6.45) is 3.46. The molecule has 0 spiro atoms. The molecule has 1 heterocycles. The van der Waals surface area contributed by atoms with Crippen molar-refractivity contribution in [2.45, 2.75) is 5.16 Å². The molecule has 0 saturated heterocycles. The normalized spacial score (nSPS) is 10.1. The van der Waals surface area contributed by atoms with Crippen LogP contribution in [0.5, 0.6) is 5.75 Å². The second-order valence-corrected chi connectivity index (χ2v) is 4.36. The fraction of sp³-hybridized carbons (Fsp3) is 0.167. The molecular weight excluding hydrogens is 234 g/mol. The van der Waals surface area contributed by atoms with Gasteiger partial charge in [0.2, 0.25) is 0 Å². The van der Waals surface area contributed by atoms with Crippen molar-refractivity contribution < 1.29 is 4.74 Å². The third-order valence-corrected chi connectivity index (χ3v) is 2.85. The van der Waals surface area contributed by atoms with Gasteiger partial charge in [-0.05, 0) is 30.3 Å². The van der Waals surface area contributed by atoms with E-state index >= 15 is 0 Å². The smallest absolute Gasteiger partial charge is 0.187 e. The van der Waals surface area contributed by atoms with Crippen molar-refractivity contribution in [3.8, 4) is 5.75 Å². The Kier molecular flexibility index (Phi) is 4.21. The Hall–Kier alpha value is -1.75. The molecule has 0 aliphatic carbocycles. The van der Waals surface area contributed by atoms with Crippen LogP contribution in [0.3, 0.4) is 0 Å². The average Bonchev–Trinajstić information content (AvgIpc) is 2.38. The summed E-state index contributed by atoms with van der Waals surface area (Å²) in [5.74, 6) is 1.64. The summed E-state index contributed by atoms with van der Waals surface area (Å²) in [6.45, 7) is 0.618. The first-order chi connectivity index (χ1) is 8.34. The second kappa shape index (κ2) is 6.10. The monoisotopic (exact) mass is 247 g/mol. The molecule has 0 atom stereocenters. The van der Waals surface area contributed by atoms with Crippen LogP contribution in [0.15, 0.2) is 47.9 Å². The molecule has 1 aromatic heterocycles. The van der Waals surface area contributed by atoms with Crippen molar-refractivity contribution in [1.29, 1.82) is 0 Å². The minimum atomic E-state index is 0.618. The first-order valence-electron chi connectivity index (χ1n) is 5.23. The number of hydrogen-bond donors (Lipinski definition) is 1. The zero-order valence-electron chi connectivity index (χ0n) is 9.24. The van der Waals surface area contributed by atoms with Crippen LogP contribution in [-0.4, -0.2) is 22.3 Å². The van der Waals surface area contributed by atoms with Gasteiger partial charge in [-0.3, -0.25) is 0 Å². The molecule has 1 aromatic carbocycles. The van der Waals surface area contributed by atoms with Crippen LogP contribution in [0.25, 0.3) is 0 Å². The predicted molar refractivity (Wildman–Crippen MR) is 69.1 cm³/mol. The summed E-state index contributed by atoms with van der Waals surface area (Å²) in [5.41, 5.74) is 6.32. The molecule has 0 radical (unpaired) electrons. The lowest BCUT2D eigenvalue weighted by molar-refractivity contribution is 0.344. The lowest BCUT2D eigenvalue weighted by atomic mass is 10.3. The van der Waals surface area contributed by atoms with Crippen molar-refractivity contribution in [3.63, 3.8) is 0 Å². The lowest BCUT2D eigenvalue weighted by Crippen LogP contribution is -2.00. The van der Waals surface area contributed by atoms with Crippen LogP contribution < -0.4 is 10.5 Å². The summed E-state index contributed by atoms with van der Waals surface area (Å²) >= 11 is 1.57. The number of hydrogen-bond acceptors (Lipinski definition) is 5. The number of aromatic nitrogens is 2. The van der Waals surface area contributed by atoms with Crippen LogP contribution in [0.4, 0.5) is 5.69 Å². The second-order valence-electron chi connectivity index (χ2n) is 3.30. The molecule has 0 fully saturated rings. The van der Waals surface area contributed by atoms with E-state index in [1.54, 1.807) is 30.2 Å². The van der Waals surface area contributed by atoms with Crippen LogP contribution in [-0.2, 0) is 0 Å². The van der Waals surface area contributed by atoms with Crippen LogP contribution in [0.1, 0.15) is 0 Å². The van der Waals surface area contributed by atoms with E-state index in [1.165, 1.54) is 0 Å². The third kappa shape index (κ3) is 3.96. The van der Waals surface area contributed by atoms with Gasteiger partial charge in [-0.2, -0.15) is 0 Å². The van der Waals surface area contributed by atoms with Crippen molar-refractivity contribution in [2.75, 3.05) is 18.1 Å². The molecule has 2 rings (SSSR count). The Labute approximate surface area is 104 Å². The van der Waals surface area contributed by atoms with Gasteiger partial charge in [-0.1, -0.05) is 11.8 Å². The summed E-state index contributed by atoms with van der Waals surface area (Å²) in [6, 6.07) is 9.17. The number of rotatable bonds is 5. The molecule has 0 amide bonds. The maximum Gasteiger partial charge on any atom is 0.187 e. The quantitative estimate of drug-likeness (QED) is 0.380. The topological polar surface area (TPSA) is 61.0 Å². The average molecular weight is 247 g/mol. The fourth-order valence-corrected chi connectivity index (χ4v) is 1.84. The summed E-state index contributed by atoms with van der Waals surface area (Å²) in [4.78, 5) is 8.23. The largest absolute Gasteiger partial charge is 0.493 e. The first-order valence-corrected chi connectivity index (χ1v) is 6.21. The zero-order valence-corrected chi connectivity index (χ0v) is 10.1. The molecule has 0 unspecified atom stereocenters. The van der Waals surface area contributed by atoms with Crippen LogP contribution in [0.2, 0.25) is 0 Å². The van der Waals surface area contributed by atoms with Crippen LogP contribution >= 0.6 is 11.8 Å². The minimum Gasteiger partial charge on any atom is -0.493 e. The van der Waals surface area contributed by atoms with Crippen molar-refractivity contribution in [3.05, 3.63) is 42.7 Å². The van der Waals surface area contributed by atoms with E-state index in [1.807, 2.05) is 24.3 Å². The lowest BCUT2D eigenvalue weighted by Gasteiger charge is -2.05. The number of nitrogens with two attached hydrogens (primary N) is 1. The first kappa shape index (κ1) is 11.7. The van der Waals surface area contributed by atoms with E-state index in [4.69, 9.17) is 10.5 Å². The van der Waals surface area contributed by atoms with Gasteiger partial charge >= 0.3 is 0 Å². The summed E-state index contributed by atoms with van der Waals surface area (Å²) < 4.78 is 5.55. The predicted octanol–water partition coefficient (Wildman–Crippen LogP) is 2.23. The zero-order chi connectivity index (χ0) is 11.9. The fourth-order valence-electron chi connectivity index (χ4n) is 1.22. The highest BCUT2D eigenvalue weighted by Crippen LogP contribution is 2.15. The number of nitrogens with zero attached hydrogens (tertiary/aromatic N) is 2. The maximum atomic E-state index is 5.58. The summed E-state index contributed by atoms with van der Waals surface area (Å²) in [5, 5.41) is 0.772.